The van der Waals surface area contributed by atoms with Crippen molar-refractivity contribution in [1.29, 1.82) is 0 Å². The van der Waals surface area contributed by atoms with Gasteiger partial charge >= 0.3 is 5.97 Å². The van der Waals surface area contributed by atoms with E-state index < -0.39 is 6.04 Å². The van der Waals surface area contributed by atoms with E-state index in [1.807, 2.05) is 30.3 Å². The molecule has 0 radical (unpaired) electrons. The van der Waals surface area contributed by atoms with Crippen LogP contribution in [-0.2, 0) is 20.7 Å². The third-order valence-corrected chi connectivity index (χ3v) is 3.47. The summed E-state index contributed by atoms with van der Waals surface area (Å²) in [6, 6.07) is 9.24. The van der Waals surface area contributed by atoms with Gasteiger partial charge < -0.3 is 15.8 Å². The van der Waals surface area contributed by atoms with Gasteiger partial charge in [-0.1, -0.05) is 43.2 Å². The van der Waals surface area contributed by atoms with E-state index in [0.29, 0.717) is 19.4 Å². The van der Waals surface area contributed by atoms with Crippen molar-refractivity contribution < 1.29 is 14.3 Å². The zero-order valence-electron chi connectivity index (χ0n) is 13.2. The Kier molecular flexibility index (Phi) is 8.91. The molecule has 0 saturated heterocycles. The van der Waals surface area contributed by atoms with Gasteiger partial charge in [0, 0.05) is 13.0 Å². The number of carbonyl (C=O) groups excluding carboxylic acids is 2. The molecule has 22 heavy (non-hydrogen) atoms. The fourth-order valence-corrected chi connectivity index (χ4v) is 2.15. The average molecular weight is 306 g/mol. The maximum Gasteiger partial charge on any atom is 0.305 e. The SMILES string of the molecule is COC(=O)CCCCCCNC(=O)[C@@H](N)Cc1ccccc1. The number of benzene rings is 1. The Balaban J connectivity index is 2.06. The molecular formula is C17H26N2O3. The maximum absolute atomic E-state index is 11.9. The van der Waals surface area contributed by atoms with Crippen LogP contribution in [0.5, 0.6) is 0 Å². The van der Waals surface area contributed by atoms with Crippen LogP contribution >= 0.6 is 0 Å². The van der Waals surface area contributed by atoms with Gasteiger partial charge in [-0.15, -0.1) is 0 Å². The van der Waals surface area contributed by atoms with Gasteiger partial charge in [0.1, 0.15) is 0 Å². The van der Waals surface area contributed by atoms with Crippen LogP contribution in [0.25, 0.3) is 0 Å². The molecule has 0 aromatic heterocycles. The second-order valence-corrected chi connectivity index (χ2v) is 5.33. The minimum atomic E-state index is -0.512. The first-order chi connectivity index (χ1) is 10.6. The third kappa shape index (κ3) is 7.78. The highest BCUT2D eigenvalue weighted by atomic mass is 16.5. The number of hydrogen-bond donors (Lipinski definition) is 2. The van der Waals surface area contributed by atoms with Gasteiger partial charge in [-0.2, -0.15) is 0 Å². The van der Waals surface area contributed by atoms with Crippen molar-refractivity contribution in [2.24, 2.45) is 5.73 Å². The lowest BCUT2D eigenvalue weighted by atomic mass is 10.1. The number of unbranched alkanes of at least 4 members (excludes halogenated alkanes) is 3. The molecule has 122 valence electrons. The lowest BCUT2D eigenvalue weighted by Crippen LogP contribution is -2.42. The van der Waals surface area contributed by atoms with E-state index >= 15 is 0 Å². The van der Waals surface area contributed by atoms with Crippen molar-refractivity contribution in [3.63, 3.8) is 0 Å². The summed E-state index contributed by atoms with van der Waals surface area (Å²) in [5.41, 5.74) is 6.96. The summed E-state index contributed by atoms with van der Waals surface area (Å²) in [4.78, 5) is 22.8. The highest BCUT2D eigenvalue weighted by molar-refractivity contribution is 5.81. The minimum Gasteiger partial charge on any atom is -0.469 e. The van der Waals surface area contributed by atoms with Gasteiger partial charge in [-0.3, -0.25) is 9.59 Å². The molecule has 0 aliphatic rings. The van der Waals surface area contributed by atoms with Crippen LogP contribution in [0, 0.1) is 0 Å². The topological polar surface area (TPSA) is 81.4 Å². The van der Waals surface area contributed by atoms with Gasteiger partial charge in [0.05, 0.1) is 13.2 Å². The lowest BCUT2D eigenvalue weighted by molar-refractivity contribution is -0.140. The largest absolute Gasteiger partial charge is 0.469 e. The normalized spacial score (nSPS) is 11.7. The Morgan fingerprint density at radius 2 is 1.82 bits per heavy atom. The molecule has 0 spiro atoms. The third-order valence-electron chi connectivity index (χ3n) is 3.47. The zero-order chi connectivity index (χ0) is 16.2. The summed E-state index contributed by atoms with van der Waals surface area (Å²) in [7, 11) is 1.40. The highest BCUT2D eigenvalue weighted by Crippen LogP contribution is 2.04. The first kappa shape index (κ1) is 18.2. The monoisotopic (exact) mass is 306 g/mol. The van der Waals surface area contributed by atoms with E-state index in [1.54, 1.807) is 0 Å². The Morgan fingerprint density at radius 3 is 2.50 bits per heavy atom. The standard InChI is InChI=1S/C17H26N2O3/c1-22-16(20)11-7-2-3-8-12-19-17(21)15(18)13-14-9-5-4-6-10-14/h4-6,9-10,15H,2-3,7-8,11-13,18H2,1H3,(H,19,21)/t15-/m0/s1. The van der Waals surface area contributed by atoms with E-state index in [-0.39, 0.29) is 11.9 Å². The molecule has 0 aliphatic carbocycles. The lowest BCUT2D eigenvalue weighted by Gasteiger charge is -2.12. The maximum atomic E-state index is 11.9. The number of nitrogens with one attached hydrogen (secondary N) is 1. The van der Waals surface area contributed by atoms with E-state index in [0.717, 1.165) is 31.2 Å². The molecule has 0 fully saturated rings. The molecule has 0 heterocycles. The fraction of sp³-hybridized carbons (Fsp3) is 0.529. The van der Waals surface area contributed by atoms with Gasteiger partial charge in [0.15, 0.2) is 0 Å². The number of esters is 1. The summed E-state index contributed by atoms with van der Waals surface area (Å²) in [6.45, 7) is 0.625. The number of rotatable bonds is 10. The summed E-state index contributed by atoms with van der Waals surface area (Å²) in [5, 5.41) is 2.86. The minimum absolute atomic E-state index is 0.113. The Morgan fingerprint density at radius 1 is 1.14 bits per heavy atom. The summed E-state index contributed by atoms with van der Waals surface area (Å²) in [5.74, 6) is -0.279. The molecule has 5 heteroatoms. The van der Waals surface area contributed by atoms with Gasteiger partial charge in [0.25, 0.3) is 0 Å². The number of hydrogen-bond acceptors (Lipinski definition) is 4. The van der Waals surface area contributed by atoms with Crippen molar-refractivity contribution in [3.05, 3.63) is 35.9 Å². The molecule has 1 rings (SSSR count). The zero-order valence-corrected chi connectivity index (χ0v) is 13.2. The number of carbonyl (C=O) groups is 2. The molecule has 5 nitrogen and oxygen atoms in total. The second-order valence-electron chi connectivity index (χ2n) is 5.33. The van der Waals surface area contributed by atoms with Crippen molar-refractivity contribution in [3.8, 4) is 0 Å². The Hall–Kier alpha value is -1.88. The van der Waals surface area contributed by atoms with Crippen molar-refractivity contribution in [2.45, 2.75) is 44.6 Å². The number of nitrogens with two attached hydrogens (primary N) is 1. The van der Waals surface area contributed by atoms with Crippen molar-refractivity contribution in [2.75, 3.05) is 13.7 Å². The molecule has 0 bridgehead atoms. The quantitative estimate of drug-likeness (QED) is 0.510. The molecule has 1 aromatic rings. The molecule has 1 amide bonds. The molecule has 1 atom stereocenters. The Labute approximate surface area is 132 Å². The second kappa shape index (κ2) is 10.8. The van der Waals surface area contributed by atoms with Crippen LogP contribution < -0.4 is 11.1 Å². The van der Waals surface area contributed by atoms with E-state index in [4.69, 9.17) is 5.73 Å². The molecule has 0 aliphatic heterocycles. The highest BCUT2D eigenvalue weighted by Gasteiger charge is 2.13. The van der Waals surface area contributed by atoms with Gasteiger partial charge in [-0.05, 0) is 24.8 Å². The summed E-state index contributed by atoms with van der Waals surface area (Å²) >= 11 is 0. The van der Waals surface area contributed by atoms with Crippen molar-refractivity contribution >= 4 is 11.9 Å². The summed E-state index contributed by atoms with van der Waals surface area (Å²) in [6.07, 6.45) is 4.67. The molecule has 0 unspecified atom stereocenters. The Bertz CT molecular complexity index is 448. The van der Waals surface area contributed by atoms with Crippen LogP contribution in [0.2, 0.25) is 0 Å². The van der Waals surface area contributed by atoms with Crippen LogP contribution in [0.1, 0.15) is 37.7 Å². The number of ether oxygens (including phenoxy) is 1. The molecule has 0 saturated carbocycles. The average Bonchev–Trinajstić information content (AvgIpc) is 2.54. The first-order valence-electron chi connectivity index (χ1n) is 7.77. The predicted octanol–water partition coefficient (Wildman–Crippen LogP) is 1.80. The molecule has 1 aromatic carbocycles. The summed E-state index contributed by atoms with van der Waals surface area (Å²) < 4.78 is 4.57. The van der Waals surface area contributed by atoms with E-state index in [2.05, 4.69) is 10.1 Å². The van der Waals surface area contributed by atoms with Crippen molar-refractivity contribution in [1.82, 2.24) is 5.32 Å². The smallest absolute Gasteiger partial charge is 0.305 e. The van der Waals surface area contributed by atoms with Gasteiger partial charge in [-0.25, -0.2) is 0 Å². The predicted molar refractivity (Wildman–Crippen MR) is 86.2 cm³/mol. The number of amides is 1. The van der Waals surface area contributed by atoms with Gasteiger partial charge in [0.2, 0.25) is 5.91 Å². The van der Waals surface area contributed by atoms with Crippen LogP contribution in [0.15, 0.2) is 30.3 Å². The van der Waals surface area contributed by atoms with Crippen LogP contribution in [-0.4, -0.2) is 31.6 Å². The van der Waals surface area contributed by atoms with Crippen LogP contribution in [0.3, 0.4) is 0 Å². The fourth-order valence-electron chi connectivity index (χ4n) is 2.15. The molecule has 3 N–H and O–H groups in total. The number of methoxy groups -OCH3 is 1. The van der Waals surface area contributed by atoms with Crippen LogP contribution in [0.4, 0.5) is 0 Å². The first-order valence-corrected chi connectivity index (χ1v) is 7.77. The molecular weight excluding hydrogens is 280 g/mol. The van der Waals surface area contributed by atoms with E-state index in [9.17, 15) is 9.59 Å². The van der Waals surface area contributed by atoms with E-state index in [1.165, 1.54) is 7.11 Å².